The molecule has 0 aliphatic rings. The van der Waals surface area contributed by atoms with Gasteiger partial charge in [-0.2, -0.15) is 0 Å². The van der Waals surface area contributed by atoms with E-state index in [1.165, 1.54) is 0 Å². The van der Waals surface area contributed by atoms with E-state index in [-0.39, 0.29) is 0 Å². The van der Waals surface area contributed by atoms with E-state index in [1.54, 1.807) is 0 Å². The summed E-state index contributed by atoms with van der Waals surface area (Å²) in [6.45, 7) is 0. The van der Waals surface area contributed by atoms with Gasteiger partial charge in [-0.25, -0.2) is 0 Å². The molecule has 0 saturated heterocycles. The summed E-state index contributed by atoms with van der Waals surface area (Å²) in [5.74, 6) is 0. The Hall–Kier alpha value is -0.0305. The average molecular weight is 334 g/mol. The quantitative estimate of drug-likeness (QED) is 0.582. The van der Waals surface area contributed by atoms with Crippen molar-refractivity contribution in [2.45, 2.75) is 0 Å². The molecule has 0 radical (unpaired) electrons. The van der Waals surface area contributed by atoms with Crippen molar-refractivity contribution in [3.05, 3.63) is 59.6 Å². The van der Waals surface area contributed by atoms with Gasteiger partial charge in [0.05, 0.1) is 0 Å². The molecule has 4 heteroatoms. The van der Waals surface area contributed by atoms with E-state index in [0.717, 1.165) is 15.6 Å². The van der Waals surface area contributed by atoms with E-state index >= 15 is 0 Å². The molecular weight excluding hydrogens is 325 g/mol. The Kier molecular flexibility index (Phi) is 3.95. The van der Waals surface area contributed by atoms with Crippen molar-refractivity contribution in [2.75, 3.05) is 0 Å². The van der Waals surface area contributed by atoms with Gasteiger partial charge in [0.2, 0.25) is 0 Å². The Morgan fingerprint density at radius 2 is 1.31 bits per heavy atom. The molecule has 0 nitrogen and oxygen atoms in total. The van der Waals surface area contributed by atoms with E-state index < -0.39 is 4.86 Å². The van der Waals surface area contributed by atoms with Gasteiger partial charge in [0.1, 0.15) is 0 Å². The summed E-state index contributed by atoms with van der Waals surface area (Å²) < 4.78 is 0. The van der Waals surface area contributed by atoms with Crippen molar-refractivity contribution in [2.24, 2.45) is 0 Å². The molecule has 1 atom stereocenters. The maximum atomic E-state index is 6.65. The van der Waals surface area contributed by atoms with Gasteiger partial charge < -0.3 is 0 Å². The van der Waals surface area contributed by atoms with Crippen LogP contribution in [0, 0.1) is 0 Å². The van der Waals surface area contributed by atoms with Crippen LogP contribution in [-0.4, -0.2) is 15.1 Å². The number of rotatable bonds is 2. The molecule has 0 unspecified atom stereocenters. The monoisotopic (exact) mass is 334 g/mol. The van der Waals surface area contributed by atoms with E-state index in [4.69, 9.17) is 22.8 Å². The first kappa shape index (κ1) is 12.4. The molecule has 0 bridgehead atoms. The molecule has 0 aromatic heterocycles. The summed E-state index contributed by atoms with van der Waals surface area (Å²) in [5, 5.41) is 2.97. The second-order valence-corrected chi connectivity index (χ2v) is 12.2. The molecule has 16 heavy (non-hydrogen) atoms. The fourth-order valence-corrected chi connectivity index (χ4v) is 5.12. The summed E-state index contributed by atoms with van der Waals surface area (Å²) in [4.78, 5) is -1.88. The summed E-state index contributed by atoms with van der Waals surface area (Å²) in [6.07, 6.45) is 0. The van der Waals surface area contributed by atoms with Gasteiger partial charge in [0, 0.05) is 0 Å². The van der Waals surface area contributed by atoms with Crippen LogP contribution in [-0.2, 0) is 0 Å². The zero-order chi connectivity index (χ0) is 11.6. The van der Waals surface area contributed by atoms with Crippen LogP contribution >= 0.6 is 27.7 Å². The van der Waals surface area contributed by atoms with Crippen molar-refractivity contribution in [3.8, 4) is 0 Å². The third-order valence-corrected chi connectivity index (χ3v) is 8.25. The molecule has 0 aliphatic carbocycles. The van der Waals surface area contributed by atoms with Gasteiger partial charge in [-0.1, -0.05) is 0 Å². The molecule has 0 heterocycles. The topological polar surface area (TPSA) is 0 Å². The Bertz CT molecular complexity index is 522. The molecule has 82 valence electrons. The standard InChI is InChI=1S/C12H9Cl2PSe/c13-10-6-8-12(9-7-10)15(14,16)11-4-2-1-3-5-11/h1-9H/t15-/m1/s1. The number of hydrogen-bond acceptors (Lipinski definition) is 0. The molecule has 2 aromatic rings. The molecule has 2 aromatic carbocycles. The van der Waals surface area contributed by atoms with Crippen LogP contribution in [0.3, 0.4) is 0 Å². The van der Waals surface area contributed by atoms with Crippen LogP contribution in [0.2, 0.25) is 5.02 Å². The second kappa shape index (κ2) is 5.08. The zero-order valence-corrected chi connectivity index (χ0v) is 12.4. The molecule has 0 amide bonds. The minimum absolute atomic E-state index is 0.730. The van der Waals surface area contributed by atoms with E-state index in [2.05, 4.69) is 15.1 Å². The molecule has 0 spiro atoms. The Morgan fingerprint density at radius 1 is 0.812 bits per heavy atom. The third-order valence-electron chi connectivity index (χ3n) is 2.25. The third kappa shape index (κ3) is 2.62. The summed E-state index contributed by atoms with van der Waals surface area (Å²) in [6, 6.07) is 17.8. The van der Waals surface area contributed by atoms with Crippen LogP contribution < -0.4 is 10.6 Å². The van der Waals surface area contributed by atoms with Gasteiger partial charge in [0.25, 0.3) is 0 Å². The van der Waals surface area contributed by atoms with Gasteiger partial charge >= 0.3 is 113 Å². The maximum absolute atomic E-state index is 6.65. The van der Waals surface area contributed by atoms with Crippen molar-refractivity contribution in [3.63, 3.8) is 0 Å². The van der Waals surface area contributed by atoms with Gasteiger partial charge in [-0.3, -0.25) is 0 Å². The molecule has 0 saturated carbocycles. The van der Waals surface area contributed by atoms with E-state index in [9.17, 15) is 0 Å². The van der Waals surface area contributed by atoms with Crippen LogP contribution in [0.15, 0.2) is 54.6 Å². The molecule has 0 fully saturated rings. The van der Waals surface area contributed by atoms with Gasteiger partial charge in [-0.15, -0.1) is 0 Å². The average Bonchev–Trinajstić information content (AvgIpc) is 2.31. The van der Waals surface area contributed by atoms with Crippen LogP contribution in [0.1, 0.15) is 0 Å². The molecule has 2 rings (SSSR count). The Labute approximate surface area is 113 Å². The van der Waals surface area contributed by atoms with Crippen molar-refractivity contribution in [1.82, 2.24) is 0 Å². The van der Waals surface area contributed by atoms with Crippen LogP contribution in [0.25, 0.3) is 0 Å². The van der Waals surface area contributed by atoms with Crippen molar-refractivity contribution in [1.29, 1.82) is 0 Å². The summed E-state index contributed by atoms with van der Waals surface area (Å²) in [5.41, 5.74) is 0. The van der Waals surface area contributed by atoms with Crippen LogP contribution in [0.5, 0.6) is 0 Å². The van der Waals surface area contributed by atoms with E-state index in [1.807, 2.05) is 54.6 Å². The molecular formula is C12H9Cl2PSe. The van der Waals surface area contributed by atoms with E-state index in [0.29, 0.717) is 0 Å². The SMILES string of the molecule is Clc1ccc([P@](Cl)(=[Se])c2ccccc2)cc1. The zero-order valence-electron chi connectivity index (χ0n) is 8.31. The first-order valence-corrected chi connectivity index (χ1v) is 10.0. The first-order valence-electron chi connectivity index (χ1n) is 4.72. The first-order chi connectivity index (χ1) is 7.60. The van der Waals surface area contributed by atoms with Gasteiger partial charge in [-0.05, 0) is 0 Å². The summed E-state index contributed by atoms with van der Waals surface area (Å²) in [7, 11) is 0. The second-order valence-electron chi connectivity index (χ2n) is 3.34. The normalized spacial score (nSPS) is 14.4. The fourth-order valence-electron chi connectivity index (χ4n) is 1.40. The number of halogens is 2. The Balaban J connectivity index is 2.47. The summed E-state index contributed by atoms with van der Waals surface area (Å²) >= 11 is 15.7. The van der Waals surface area contributed by atoms with Crippen molar-refractivity contribution < 1.29 is 0 Å². The van der Waals surface area contributed by atoms with Crippen LogP contribution in [0.4, 0.5) is 0 Å². The predicted molar refractivity (Wildman–Crippen MR) is 75.7 cm³/mol. The van der Waals surface area contributed by atoms with Gasteiger partial charge in [0.15, 0.2) is 0 Å². The number of hydrogen-bond donors (Lipinski definition) is 0. The Morgan fingerprint density at radius 3 is 1.88 bits per heavy atom. The minimum atomic E-state index is -1.88. The molecule has 0 aliphatic heterocycles. The fraction of sp³-hybridized carbons (Fsp3) is 0. The van der Waals surface area contributed by atoms with Crippen molar-refractivity contribution >= 4 is 53.4 Å². The number of benzene rings is 2. The predicted octanol–water partition coefficient (Wildman–Crippen LogP) is 3.55. The molecule has 0 N–H and O–H groups in total.